The molecule has 6 nitrogen and oxygen atoms in total. The SMILES string of the molecule is CC(C)c1ccc(C(C)(NCCCN=[N+]=[N-])C(=O)O)cc1. The normalized spacial score (nSPS) is 13.5. The van der Waals surface area contributed by atoms with E-state index in [9.17, 15) is 9.90 Å². The lowest BCUT2D eigenvalue weighted by Crippen LogP contribution is -2.47. The second-order valence-electron chi connectivity index (χ2n) is 5.44. The fourth-order valence-electron chi connectivity index (χ4n) is 2.04. The number of azide groups is 1. The first-order chi connectivity index (χ1) is 9.91. The Labute approximate surface area is 124 Å². The summed E-state index contributed by atoms with van der Waals surface area (Å²) in [6, 6.07) is 7.62. The lowest BCUT2D eigenvalue weighted by molar-refractivity contribution is -0.144. The molecular formula is C15H22N4O2. The van der Waals surface area contributed by atoms with E-state index in [1.54, 1.807) is 6.92 Å². The zero-order chi connectivity index (χ0) is 15.9. The van der Waals surface area contributed by atoms with Crippen LogP contribution < -0.4 is 5.32 Å². The zero-order valence-electron chi connectivity index (χ0n) is 12.7. The molecule has 114 valence electrons. The van der Waals surface area contributed by atoms with Crippen LogP contribution in [-0.2, 0) is 10.3 Å². The molecule has 6 heteroatoms. The van der Waals surface area contributed by atoms with E-state index in [0.29, 0.717) is 31.0 Å². The van der Waals surface area contributed by atoms with Gasteiger partial charge in [-0.05, 0) is 42.5 Å². The van der Waals surface area contributed by atoms with Crippen molar-refractivity contribution >= 4 is 5.97 Å². The van der Waals surface area contributed by atoms with Gasteiger partial charge in [0.25, 0.3) is 0 Å². The number of rotatable bonds is 8. The third kappa shape index (κ3) is 4.48. The van der Waals surface area contributed by atoms with Crippen LogP contribution in [0.4, 0.5) is 0 Å². The number of carboxylic acids is 1. The van der Waals surface area contributed by atoms with Gasteiger partial charge in [-0.2, -0.15) is 0 Å². The summed E-state index contributed by atoms with van der Waals surface area (Å²) in [4.78, 5) is 14.3. The van der Waals surface area contributed by atoms with E-state index in [0.717, 1.165) is 0 Å². The maximum absolute atomic E-state index is 11.6. The van der Waals surface area contributed by atoms with E-state index in [1.165, 1.54) is 5.56 Å². The maximum Gasteiger partial charge on any atom is 0.328 e. The molecule has 1 unspecified atom stereocenters. The molecule has 0 radical (unpaired) electrons. The molecule has 1 rings (SSSR count). The van der Waals surface area contributed by atoms with Crippen molar-refractivity contribution < 1.29 is 9.90 Å². The fraction of sp³-hybridized carbons (Fsp3) is 0.533. The van der Waals surface area contributed by atoms with E-state index in [4.69, 9.17) is 5.53 Å². The molecule has 0 aliphatic carbocycles. The van der Waals surface area contributed by atoms with E-state index in [-0.39, 0.29) is 0 Å². The van der Waals surface area contributed by atoms with Gasteiger partial charge in [-0.25, -0.2) is 4.79 Å². The summed E-state index contributed by atoms with van der Waals surface area (Å²) >= 11 is 0. The molecule has 0 heterocycles. The molecule has 0 spiro atoms. The smallest absolute Gasteiger partial charge is 0.328 e. The van der Waals surface area contributed by atoms with E-state index >= 15 is 0 Å². The quantitative estimate of drug-likeness (QED) is 0.332. The molecule has 0 aromatic heterocycles. The van der Waals surface area contributed by atoms with Crippen molar-refractivity contribution in [2.75, 3.05) is 13.1 Å². The van der Waals surface area contributed by atoms with Gasteiger partial charge >= 0.3 is 5.97 Å². The first-order valence-electron chi connectivity index (χ1n) is 7.01. The lowest BCUT2D eigenvalue weighted by atomic mass is 9.90. The summed E-state index contributed by atoms with van der Waals surface area (Å²) in [5, 5.41) is 16.0. The topological polar surface area (TPSA) is 98.1 Å². The van der Waals surface area contributed by atoms with Crippen molar-refractivity contribution in [3.8, 4) is 0 Å². The molecule has 2 N–H and O–H groups in total. The molecule has 0 fully saturated rings. The molecule has 0 bridgehead atoms. The van der Waals surface area contributed by atoms with Gasteiger partial charge in [-0.3, -0.25) is 5.32 Å². The summed E-state index contributed by atoms with van der Waals surface area (Å²) in [6.07, 6.45) is 0.594. The standard InChI is InChI=1S/C15H22N4O2/c1-11(2)12-5-7-13(8-6-12)15(3,14(20)21)17-9-4-10-18-19-16/h5-8,11,17H,4,9-10H2,1-3H3,(H,20,21). The summed E-state index contributed by atoms with van der Waals surface area (Å²) < 4.78 is 0. The fourth-order valence-corrected chi connectivity index (χ4v) is 2.04. The number of aliphatic carboxylic acids is 1. The number of carbonyl (C=O) groups is 1. The minimum Gasteiger partial charge on any atom is -0.480 e. The first kappa shape index (κ1) is 17.0. The molecule has 1 aromatic rings. The Morgan fingerprint density at radius 3 is 2.52 bits per heavy atom. The van der Waals surface area contributed by atoms with Gasteiger partial charge in [0.15, 0.2) is 0 Å². The molecule has 0 aliphatic rings. The third-order valence-corrected chi connectivity index (χ3v) is 3.56. The highest BCUT2D eigenvalue weighted by Crippen LogP contribution is 2.24. The van der Waals surface area contributed by atoms with Crippen molar-refractivity contribution in [1.29, 1.82) is 0 Å². The molecular weight excluding hydrogens is 268 g/mol. The number of benzene rings is 1. The predicted octanol–water partition coefficient (Wildman–Crippen LogP) is 3.40. The van der Waals surface area contributed by atoms with Crippen LogP contribution in [0.15, 0.2) is 29.4 Å². The Hall–Kier alpha value is -2.04. The van der Waals surface area contributed by atoms with Crippen LogP contribution in [0.1, 0.15) is 44.2 Å². The van der Waals surface area contributed by atoms with E-state index in [2.05, 4.69) is 29.2 Å². The average molecular weight is 290 g/mol. The van der Waals surface area contributed by atoms with Crippen LogP contribution in [0.25, 0.3) is 10.4 Å². The Morgan fingerprint density at radius 2 is 2.05 bits per heavy atom. The van der Waals surface area contributed by atoms with Crippen molar-refractivity contribution in [2.45, 2.75) is 38.6 Å². The zero-order valence-corrected chi connectivity index (χ0v) is 12.7. The van der Waals surface area contributed by atoms with Gasteiger partial charge in [0.2, 0.25) is 0 Å². The van der Waals surface area contributed by atoms with E-state index < -0.39 is 11.5 Å². The van der Waals surface area contributed by atoms with E-state index in [1.807, 2.05) is 24.3 Å². The van der Waals surface area contributed by atoms with Crippen LogP contribution in [0, 0.1) is 0 Å². The minimum absolute atomic E-state index is 0.353. The molecule has 1 atom stereocenters. The average Bonchev–Trinajstić information content (AvgIpc) is 2.46. The lowest BCUT2D eigenvalue weighted by Gasteiger charge is -2.27. The molecule has 0 saturated carbocycles. The van der Waals surface area contributed by atoms with Gasteiger partial charge in [0.1, 0.15) is 5.54 Å². The molecule has 0 amide bonds. The highest BCUT2D eigenvalue weighted by Gasteiger charge is 2.34. The van der Waals surface area contributed by atoms with Crippen molar-refractivity contribution in [3.63, 3.8) is 0 Å². The number of hydrogen-bond acceptors (Lipinski definition) is 3. The largest absolute Gasteiger partial charge is 0.480 e. The number of hydrogen-bond donors (Lipinski definition) is 2. The summed E-state index contributed by atoms with van der Waals surface area (Å²) in [6.45, 7) is 6.66. The van der Waals surface area contributed by atoms with Crippen LogP contribution in [0.2, 0.25) is 0 Å². The van der Waals surface area contributed by atoms with Gasteiger partial charge in [0, 0.05) is 11.5 Å². The van der Waals surface area contributed by atoms with Gasteiger partial charge in [-0.15, -0.1) is 0 Å². The van der Waals surface area contributed by atoms with Gasteiger partial charge < -0.3 is 5.11 Å². The first-order valence-corrected chi connectivity index (χ1v) is 7.01. The molecule has 1 aromatic carbocycles. The Morgan fingerprint density at radius 1 is 1.43 bits per heavy atom. The summed E-state index contributed by atoms with van der Waals surface area (Å²) in [5.74, 6) is -0.518. The summed E-state index contributed by atoms with van der Waals surface area (Å²) in [7, 11) is 0. The molecule has 0 aliphatic heterocycles. The Bertz CT molecular complexity index is 521. The summed E-state index contributed by atoms with van der Waals surface area (Å²) in [5.41, 5.74) is 8.95. The number of carboxylic acid groups (broad SMARTS) is 1. The number of nitrogens with zero attached hydrogens (tertiary/aromatic N) is 3. The van der Waals surface area contributed by atoms with Gasteiger partial charge in [-0.1, -0.05) is 43.2 Å². The second kappa shape index (κ2) is 7.67. The van der Waals surface area contributed by atoms with Crippen LogP contribution >= 0.6 is 0 Å². The van der Waals surface area contributed by atoms with Crippen LogP contribution in [-0.4, -0.2) is 24.2 Å². The minimum atomic E-state index is -1.15. The van der Waals surface area contributed by atoms with Crippen molar-refractivity contribution in [2.24, 2.45) is 5.11 Å². The highest BCUT2D eigenvalue weighted by atomic mass is 16.4. The van der Waals surface area contributed by atoms with Crippen LogP contribution in [0.5, 0.6) is 0 Å². The number of nitrogens with one attached hydrogen (secondary N) is 1. The van der Waals surface area contributed by atoms with Crippen LogP contribution in [0.3, 0.4) is 0 Å². The highest BCUT2D eigenvalue weighted by molar-refractivity contribution is 5.80. The molecule has 21 heavy (non-hydrogen) atoms. The molecule has 0 saturated heterocycles. The third-order valence-electron chi connectivity index (χ3n) is 3.56. The Balaban J connectivity index is 2.83. The second-order valence-corrected chi connectivity index (χ2v) is 5.44. The van der Waals surface area contributed by atoms with Crippen molar-refractivity contribution in [1.82, 2.24) is 5.32 Å². The van der Waals surface area contributed by atoms with Gasteiger partial charge in [0.05, 0.1) is 0 Å². The Kier molecular flexibility index (Phi) is 6.21. The monoisotopic (exact) mass is 290 g/mol. The van der Waals surface area contributed by atoms with Crippen molar-refractivity contribution in [3.05, 3.63) is 45.8 Å². The maximum atomic E-state index is 11.6. The predicted molar refractivity (Wildman–Crippen MR) is 82.2 cm³/mol.